The third-order valence-electron chi connectivity index (χ3n) is 5.07. The number of anilines is 1. The molecule has 4 rings (SSSR count). The molecule has 1 aliphatic rings. The van der Waals surface area contributed by atoms with E-state index in [1.54, 1.807) is 0 Å². The molecule has 9 nitrogen and oxygen atoms in total. The van der Waals surface area contributed by atoms with Crippen LogP contribution in [0.3, 0.4) is 0 Å². The minimum Gasteiger partial charge on any atom is -0.379 e. The van der Waals surface area contributed by atoms with Gasteiger partial charge in [0.15, 0.2) is 11.6 Å². The fraction of sp³-hybridized carbons (Fsp3) is 0.400. The highest BCUT2D eigenvalue weighted by Crippen LogP contribution is 2.20. The van der Waals surface area contributed by atoms with Crippen LogP contribution in [-0.4, -0.2) is 43.8 Å². The maximum atomic E-state index is 12.4. The molecule has 9 heteroatoms. The Morgan fingerprint density at radius 1 is 1.24 bits per heavy atom. The van der Waals surface area contributed by atoms with Gasteiger partial charge in [-0.2, -0.15) is 5.10 Å². The van der Waals surface area contributed by atoms with E-state index in [2.05, 4.69) is 45.0 Å². The Hall–Kier alpha value is -3.20. The third-order valence-corrected chi connectivity index (χ3v) is 5.07. The summed E-state index contributed by atoms with van der Waals surface area (Å²) in [5.74, 6) is 2.16. The van der Waals surface area contributed by atoms with Crippen LogP contribution in [-0.2, 0) is 24.2 Å². The molecular weight excluding hydrogens is 370 g/mol. The molecule has 0 saturated carbocycles. The Labute approximate surface area is 169 Å². The van der Waals surface area contributed by atoms with Crippen LogP contribution in [0.1, 0.15) is 35.7 Å². The molecule has 0 aliphatic carbocycles. The van der Waals surface area contributed by atoms with Crippen LogP contribution in [0, 0.1) is 6.92 Å². The molecule has 2 aromatic heterocycles. The summed E-state index contributed by atoms with van der Waals surface area (Å²) in [7, 11) is 0. The molecule has 0 radical (unpaired) electrons. The standard InChI is InChI=1S/C20H25N7O2/c1-14-13-27(15(2)16-6-4-3-5-7-16)25-19(14)22-20(28)21-12-18-24-23-17-8-10-29-11-9-26(17)18/h3-7,13,15H,8-12H2,1-2H3,(H2,21,22,25,28). The average Bonchev–Trinajstić information content (AvgIpc) is 3.20. The Morgan fingerprint density at radius 2 is 2.07 bits per heavy atom. The number of fused-ring (bicyclic) bond motifs is 1. The second-order valence-corrected chi connectivity index (χ2v) is 7.08. The van der Waals surface area contributed by atoms with Crippen LogP contribution in [0.2, 0.25) is 0 Å². The van der Waals surface area contributed by atoms with Gasteiger partial charge >= 0.3 is 6.03 Å². The second kappa shape index (κ2) is 8.44. The van der Waals surface area contributed by atoms with Gasteiger partial charge in [0.2, 0.25) is 0 Å². The second-order valence-electron chi connectivity index (χ2n) is 7.08. The van der Waals surface area contributed by atoms with Gasteiger partial charge in [0, 0.05) is 24.7 Å². The van der Waals surface area contributed by atoms with Crippen molar-refractivity contribution < 1.29 is 9.53 Å². The number of urea groups is 1. The number of carbonyl (C=O) groups excluding carboxylic acids is 1. The van der Waals surface area contributed by atoms with Gasteiger partial charge in [-0.05, 0) is 19.4 Å². The van der Waals surface area contributed by atoms with Crippen molar-refractivity contribution in [2.75, 3.05) is 18.5 Å². The highest BCUT2D eigenvalue weighted by molar-refractivity contribution is 5.88. The van der Waals surface area contributed by atoms with Gasteiger partial charge in [-0.15, -0.1) is 10.2 Å². The first-order chi connectivity index (χ1) is 14.1. The van der Waals surface area contributed by atoms with E-state index in [1.807, 2.05) is 40.6 Å². The molecule has 1 unspecified atom stereocenters. The zero-order valence-corrected chi connectivity index (χ0v) is 16.6. The van der Waals surface area contributed by atoms with Gasteiger partial charge in [0.1, 0.15) is 5.82 Å². The highest BCUT2D eigenvalue weighted by Gasteiger charge is 2.17. The zero-order chi connectivity index (χ0) is 20.2. The minimum absolute atomic E-state index is 0.0715. The van der Waals surface area contributed by atoms with E-state index in [0.29, 0.717) is 32.1 Å². The van der Waals surface area contributed by atoms with Crippen molar-refractivity contribution >= 4 is 11.8 Å². The van der Waals surface area contributed by atoms with Crippen molar-refractivity contribution in [3.63, 3.8) is 0 Å². The molecule has 3 heterocycles. The summed E-state index contributed by atoms with van der Waals surface area (Å²) >= 11 is 0. The molecule has 3 aromatic rings. The van der Waals surface area contributed by atoms with E-state index in [0.717, 1.165) is 29.2 Å². The number of rotatable bonds is 5. The van der Waals surface area contributed by atoms with E-state index >= 15 is 0 Å². The van der Waals surface area contributed by atoms with Gasteiger partial charge in [-0.3, -0.25) is 10.00 Å². The summed E-state index contributed by atoms with van der Waals surface area (Å²) in [6.07, 6.45) is 2.67. The number of benzene rings is 1. The van der Waals surface area contributed by atoms with Crippen molar-refractivity contribution in [3.05, 3.63) is 59.3 Å². The molecular formula is C20H25N7O2. The Bertz CT molecular complexity index is 980. The summed E-state index contributed by atoms with van der Waals surface area (Å²) in [5.41, 5.74) is 2.05. The Kier molecular flexibility index (Phi) is 5.57. The van der Waals surface area contributed by atoms with Crippen LogP contribution in [0.25, 0.3) is 0 Å². The highest BCUT2D eigenvalue weighted by atomic mass is 16.5. The van der Waals surface area contributed by atoms with Gasteiger partial charge in [0.25, 0.3) is 0 Å². The first-order valence-corrected chi connectivity index (χ1v) is 9.76. The number of aryl methyl sites for hydroxylation is 1. The topological polar surface area (TPSA) is 98.9 Å². The summed E-state index contributed by atoms with van der Waals surface area (Å²) < 4.78 is 9.33. The predicted octanol–water partition coefficient (Wildman–Crippen LogP) is 2.29. The first kappa shape index (κ1) is 19.1. The first-order valence-electron chi connectivity index (χ1n) is 9.76. The van der Waals surface area contributed by atoms with Crippen LogP contribution in [0.15, 0.2) is 36.5 Å². The molecule has 1 atom stereocenters. The summed E-state index contributed by atoms with van der Waals surface area (Å²) in [4.78, 5) is 12.4. The number of hydrogen-bond donors (Lipinski definition) is 2. The fourth-order valence-electron chi connectivity index (χ4n) is 3.37. The van der Waals surface area contributed by atoms with E-state index in [9.17, 15) is 4.79 Å². The summed E-state index contributed by atoms with van der Waals surface area (Å²) in [5, 5.41) is 18.6. The number of hydrogen-bond acceptors (Lipinski definition) is 5. The molecule has 2 amide bonds. The molecule has 2 N–H and O–H groups in total. The SMILES string of the molecule is Cc1cn(C(C)c2ccccc2)nc1NC(=O)NCc1nnc2n1CCOCC2. The van der Waals surface area contributed by atoms with E-state index < -0.39 is 0 Å². The number of amides is 2. The largest absolute Gasteiger partial charge is 0.379 e. The summed E-state index contributed by atoms with van der Waals surface area (Å²) in [6.45, 7) is 6.26. The van der Waals surface area contributed by atoms with Crippen molar-refractivity contribution in [3.8, 4) is 0 Å². The van der Waals surface area contributed by atoms with Crippen molar-refractivity contribution in [1.82, 2.24) is 29.9 Å². The van der Waals surface area contributed by atoms with Crippen molar-refractivity contribution in [1.29, 1.82) is 0 Å². The van der Waals surface area contributed by atoms with Crippen LogP contribution < -0.4 is 10.6 Å². The van der Waals surface area contributed by atoms with Gasteiger partial charge in [-0.25, -0.2) is 4.79 Å². The smallest absolute Gasteiger partial charge is 0.320 e. The normalized spacial score (nSPS) is 14.7. The Balaban J connectivity index is 1.38. The van der Waals surface area contributed by atoms with Gasteiger partial charge in [-0.1, -0.05) is 30.3 Å². The van der Waals surface area contributed by atoms with Crippen LogP contribution in [0.4, 0.5) is 10.6 Å². The number of ether oxygens (including phenoxy) is 1. The molecule has 0 spiro atoms. The monoisotopic (exact) mass is 395 g/mol. The van der Waals surface area contributed by atoms with Crippen LogP contribution >= 0.6 is 0 Å². The van der Waals surface area contributed by atoms with E-state index in [1.165, 1.54) is 0 Å². The quantitative estimate of drug-likeness (QED) is 0.691. The number of carbonyl (C=O) groups is 1. The van der Waals surface area contributed by atoms with E-state index in [4.69, 9.17) is 4.74 Å². The number of nitrogens with zero attached hydrogens (tertiary/aromatic N) is 5. The van der Waals surface area contributed by atoms with Crippen molar-refractivity contribution in [2.45, 2.75) is 39.4 Å². The zero-order valence-electron chi connectivity index (χ0n) is 16.6. The predicted molar refractivity (Wildman–Crippen MR) is 108 cm³/mol. The molecule has 0 fully saturated rings. The molecule has 1 aliphatic heterocycles. The Morgan fingerprint density at radius 3 is 2.90 bits per heavy atom. The lowest BCUT2D eigenvalue weighted by molar-refractivity contribution is 0.139. The third kappa shape index (κ3) is 4.29. The number of nitrogens with one attached hydrogen (secondary N) is 2. The molecule has 0 bridgehead atoms. The van der Waals surface area contributed by atoms with Crippen molar-refractivity contribution in [2.24, 2.45) is 0 Å². The fourth-order valence-corrected chi connectivity index (χ4v) is 3.37. The number of aromatic nitrogens is 5. The molecule has 29 heavy (non-hydrogen) atoms. The maximum Gasteiger partial charge on any atom is 0.320 e. The van der Waals surface area contributed by atoms with Crippen LogP contribution in [0.5, 0.6) is 0 Å². The van der Waals surface area contributed by atoms with E-state index in [-0.39, 0.29) is 12.1 Å². The van der Waals surface area contributed by atoms with Gasteiger partial charge in [0.05, 0.1) is 25.8 Å². The lowest BCUT2D eigenvalue weighted by Crippen LogP contribution is -2.30. The molecule has 0 saturated heterocycles. The van der Waals surface area contributed by atoms with Gasteiger partial charge < -0.3 is 14.6 Å². The lowest BCUT2D eigenvalue weighted by atomic mass is 10.1. The average molecular weight is 395 g/mol. The molecule has 1 aromatic carbocycles. The molecule has 152 valence electrons. The summed E-state index contributed by atoms with van der Waals surface area (Å²) in [6, 6.07) is 9.87. The minimum atomic E-state index is -0.326. The maximum absolute atomic E-state index is 12.4. The lowest BCUT2D eigenvalue weighted by Gasteiger charge is -2.12.